The average molecular weight is 210 g/mol. The Hall–Kier alpha value is -0.570. The van der Waals surface area contributed by atoms with Crippen LogP contribution >= 0.6 is 0 Å². The van der Waals surface area contributed by atoms with E-state index in [1.807, 2.05) is 4.90 Å². The van der Waals surface area contributed by atoms with Gasteiger partial charge in [-0.05, 0) is 17.3 Å². The zero-order valence-electron chi connectivity index (χ0n) is 10.2. The van der Waals surface area contributed by atoms with Gasteiger partial charge in [0.2, 0.25) is 5.91 Å². The molecule has 1 saturated carbocycles. The molecule has 15 heavy (non-hydrogen) atoms. The third-order valence-electron chi connectivity index (χ3n) is 4.80. The highest BCUT2D eigenvalue weighted by Crippen LogP contribution is 2.68. The molecular weight excluding hydrogens is 188 g/mol. The van der Waals surface area contributed by atoms with Crippen LogP contribution in [0.2, 0.25) is 0 Å². The van der Waals surface area contributed by atoms with Crippen molar-refractivity contribution < 1.29 is 4.79 Å². The number of nitrogens with zero attached hydrogens (tertiary/aromatic N) is 1. The third kappa shape index (κ3) is 1.40. The molecular formula is C12H22N2O. The zero-order chi connectivity index (χ0) is 11.4. The van der Waals surface area contributed by atoms with Gasteiger partial charge < -0.3 is 10.6 Å². The van der Waals surface area contributed by atoms with E-state index in [4.69, 9.17) is 5.73 Å². The van der Waals surface area contributed by atoms with Gasteiger partial charge in [0.05, 0.1) is 0 Å². The first-order valence-electron chi connectivity index (χ1n) is 5.83. The first-order valence-corrected chi connectivity index (χ1v) is 5.83. The SMILES string of the molecule is CC1(C)C(C(=O)N2CC[C@@H](N)C2)C1(C)C. The summed E-state index contributed by atoms with van der Waals surface area (Å²) in [5.41, 5.74) is 6.12. The fourth-order valence-corrected chi connectivity index (χ4v) is 2.98. The Bertz CT molecular complexity index is 282. The lowest BCUT2D eigenvalue weighted by molar-refractivity contribution is -0.132. The molecule has 2 fully saturated rings. The van der Waals surface area contributed by atoms with Gasteiger partial charge in [0, 0.05) is 25.0 Å². The standard InChI is InChI=1S/C12H22N2O/c1-11(2)9(12(11,3)4)10(15)14-6-5-8(13)7-14/h8-9H,5-7,13H2,1-4H3/t8-/m1/s1. The molecule has 2 aliphatic rings. The van der Waals surface area contributed by atoms with Crippen molar-refractivity contribution in [1.82, 2.24) is 4.90 Å². The van der Waals surface area contributed by atoms with Crippen molar-refractivity contribution in [3.8, 4) is 0 Å². The van der Waals surface area contributed by atoms with Crippen LogP contribution in [0.3, 0.4) is 0 Å². The molecule has 3 nitrogen and oxygen atoms in total. The van der Waals surface area contributed by atoms with Crippen molar-refractivity contribution in [2.45, 2.75) is 40.2 Å². The molecule has 86 valence electrons. The van der Waals surface area contributed by atoms with E-state index in [0.717, 1.165) is 19.5 Å². The van der Waals surface area contributed by atoms with Crippen LogP contribution < -0.4 is 5.73 Å². The molecule has 0 spiro atoms. The quantitative estimate of drug-likeness (QED) is 0.707. The van der Waals surface area contributed by atoms with Gasteiger partial charge in [-0.1, -0.05) is 27.7 Å². The van der Waals surface area contributed by atoms with Gasteiger partial charge in [-0.3, -0.25) is 4.79 Å². The predicted molar refractivity (Wildman–Crippen MR) is 60.2 cm³/mol. The smallest absolute Gasteiger partial charge is 0.226 e. The molecule has 1 aliphatic carbocycles. The van der Waals surface area contributed by atoms with Gasteiger partial charge in [-0.25, -0.2) is 0 Å². The van der Waals surface area contributed by atoms with Crippen LogP contribution in [0.25, 0.3) is 0 Å². The lowest BCUT2D eigenvalue weighted by Gasteiger charge is -2.16. The van der Waals surface area contributed by atoms with Crippen LogP contribution in [0.5, 0.6) is 0 Å². The number of carbonyl (C=O) groups is 1. The van der Waals surface area contributed by atoms with Crippen LogP contribution in [-0.4, -0.2) is 29.9 Å². The van der Waals surface area contributed by atoms with E-state index in [-0.39, 0.29) is 22.8 Å². The molecule has 0 unspecified atom stereocenters. The number of carbonyl (C=O) groups excluding carboxylic acids is 1. The maximum absolute atomic E-state index is 12.3. The normalized spacial score (nSPS) is 33.1. The molecule has 0 aromatic rings. The summed E-state index contributed by atoms with van der Waals surface area (Å²) in [6, 6.07) is 0.193. The number of amides is 1. The topological polar surface area (TPSA) is 46.3 Å². The highest BCUT2D eigenvalue weighted by Gasteiger charge is 2.68. The molecule has 1 saturated heterocycles. The second-order valence-corrected chi connectivity index (χ2v) is 6.21. The van der Waals surface area contributed by atoms with Gasteiger partial charge >= 0.3 is 0 Å². The van der Waals surface area contributed by atoms with Crippen molar-refractivity contribution in [1.29, 1.82) is 0 Å². The molecule has 3 heteroatoms. The Labute approximate surface area is 92.0 Å². The molecule has 0 aromatic heterocycles. The molecule has 1 atom stereocenters. The second kappa shape index (κ2) is 2.97. The highest BCUT2D eigenvalue weighted by molar-refractivity contribution is 5.84. The number of hydrogen-bond acceptors (Lipinski definition) is 2. The average Bonchev–Trinajstić information content (AvgIpc) is 2.49. The Morgan fingerprint density at radius 2 is 1.80 bits per heavy atom. The Morgan fingerprint density at radius 3 is 2.13 bits per heavy atom. The first-order chi connectivity index (χ1) is 6.78. The fourth-order valence-electron chi connectivity index (χ4n) is 2.98. The number of likely N-dealkylation sites (tertiary alicyclic amines) is 1. The van der Waals surface area contributed by atoms with E-state index in [9.17, 15) is 4.79 Å². The van der Waals surface area contributed by atoms with Gasteiger partial charge in [0.15, 0.2) is 0 Å². The molecule has 0 bridgehead atoms. The minimum atomic E-state index is 0.150. The molecule has 2 N–H and O–H groups in total. The van der Waals surface area contributed by atoms with Gasteiger partial charge in [-0.15, -0.1) is 0 Å². The Morgan fingerprint density at radius 1 is 1.27 bits per heavy atom. The lowest BCUT2D eigenvalue weighted by atomic mass is 10.0. The van der Waals surface area contributed by atoms with Crippen LogP contribution in [0.1, 0.15) is 34.1 Å². The van der Waals surface area contributed by atoms with Crippen molar-refractivity contribution in [3.63, 3.8) is 0 Å². The number of nitrogens with two attached hydrogens (primary N) is 1. The summed E-state index contributed by atoms with van der Waals surface area (Å²) in [6.07, 6.45) is 0.958. The number of rotatable bonds is 1. The summed E-state index contributed by atoms with van der Waals surface area (Å²) in [5.74, 6) is 0.508. The largest absolute Gasteiger partial charge is 0.341 e. The van der Waals surface area contributed by atoms with E-state index >= 15 is 0 Å². The minimum Gasteiger partial charge on any atom is -0.341 e. The Balaban J connectivity index is 2.05. The fraction of sp³-hybridized carbons (Fsp3) is 0.917. The van der Waals surface area contributed by atoms with Crippen molar-refractivity contribution in [2.75, 3.05) is 13.1 Å². The van der Waals surface area contributed by atoms with Crippen LogP contribution in [-0.2, 0) is 4.79 Å². The molecule has 1 amide bonds. The predicted octanol–water partition coefficient (Wildman–Crippen LogP) is 1.23. The van der Waals surface area contributed by atoms with E-state index < -0.39 is 0 Å². The zero-order valence-corrected chi connectivity index (χ0v) is 10.2. The molecule has 2 rings (SSSR count). The minimum absolute atomic E-state index is 0.150. The molecule has 0 aromatic carbocycles. The Kier molecular flexibility index (Phi) is 2.16. The van der Waals surface area contributed by atoms with Crippen LogP contribution in [0.4, 0.5) is 0 Å². The van der Waals surface area contributed by atoms with E-state index in [1.165, 1.54) is 0 Å². The van der Waals surface area contributed by atoms with Gasteiger partial charge in [0.25, 0.3) is 0 Å². The summed E-state index contributed by atoms with van der Waals surface area (Å²) >= 11 is 0. The number of hydrogen-bond donors (Lipinski definition) is 1. The summed E-state index contributed by atoms with van der Waals surface area (Å²) in [4.78, 5) is 14.2. The first kappa shape index (κ1) is 10.9. The summed E-state index contributed by atoms with van der Waals surface area (Å²) in [7, 11) is 0. The van der Waals surface area contributed by atoms with E-state index in [0.29, 0.717) is 5.91 Å². The molecule has 0 radical (unpaired) electrons. The highest BCUT2D eigenvalue weighted by atomic mass is 16.2. The lowest BCUT2D eigenvalue weighted by Crippen LogP contribution is -2.34. The van der Waals surface area contributed by atoms with Gasteiger partial charge in [-0.2, -0.15) is 0 Å². The van der Waals surface area contributed by atoms with Crippen LogP contribution in [0.15, 0.2) is 0 Å². The van der Waals surface area contributed by atoms with Gasteiger partial charge in [0.1, 0.15) is 0 Å². The molecule has 1 heterocycles. The van der Waals surface area contributed by atoms with Crippen LogP contribution in [0, 0.1) is 16.7 Å². The molecule has 1 aliphatic heterocycles. The summed E-state index contributed by atoms with van der Waals surface area (Å²) in [6.45, 7) is 10.3. The van der Waals surface area contributed by atoms with Crippen molar-refractivity contribution >= 4 is 5.91 Å². The van der Waals surface area contributed by atoms with Crippen molar-refractivity contribution in [2.24, 2.45) is 22.5 Å². The second-order valence-electron chi connectivity index (χ2n) is 6.21. The third-order valence-corrected chi connectivity index (χ3v) is 4.80. The summed E-state index contributed by atoms with van der Waals surface area (Å²) < 4.78 is 0. The maximum Gasteiger partial charge on any atom is 0.226 e. The monoisotopic (exact) mass is 210 g/mol. The maximum atomic E-state index is 12.3. The summed E-state index contributed by atoms with van der Waals surface area (Å²) in [5, 5.41) is 0. The van der Waals surface area contributed by atoms with E-state index in [1.54, 1.807) is 0 Å². The van der Waals surface area contributed by atoms with Crippen molar-refractivity contribution in [3.05, 3.63) is 0 Å². The van der Waals surface area contributed by atoms with E-state index in [2.05, 4.69) is 27.7 Å².